The molecule has 0 bridgehead atoms. The molecule has 16 nitrogen and oxygen atoms in total. The quantitative estimate of drug-likeness (QED) is 0.0864. The minimum absolute atomic E-state index is 0.0473. The monoisotopic (exact) mass is 859 g/mol. The van der Waals surface area contributed by atoms with Crippen LogP contribution >= 0.6 is 0 Å². The van der Waals surface area contributed by atoms with Gasteiger partial charge >= 0.3 is 12.1 Å². The van der Waals surface area contributed by atoms with E-state index in [1.54, 1.807) is 42.5 Å². The zero-order valence-corrected chi connectivity index (χ0v) is 34.8. The Hall–Kier alpha value is -5.85. The van der Waals surface area contributed by atoms with Gasteiger partial charge in [0.05, 0.1) is 18.2 Å². The fourth-order valence-electron chi connectivity index (χ4n) is 6.94. The highest BCUT2D eigenvalue weighted by Gasteiger charge is 2.39. The van der Waals surface area contributed by atoms with Crippen molar-refractivity contribution in [1.82, 2.24) is 26.2 Å². The molecule has 0 aromatic heterocycles. The van der Waals surface area contributed by atoms with Gasteiger partial charge < -0.3 is 42.3 Å². The minimum atomic E-state index is -5.08. The molecular weight excluding hydrogens is 803 g/mol. The summed E-state index contributed by atoms with van der Waals surface area (Å²) in [6.45, 7) is 8.35. The van der Waals surface area contributed by atoms with E-state index in [1.807, 2.05) is 27.7 Å². The molecule has 4 rings (SSSR count). The number of anilines is 1. The van der Waals surface area contributed by atoms with Crippen LogP contribution in [0.4, 0.5) is 18.9 Å². The number of carboxylic acids is 1. The van der Waals surface area contributed by atoms with Crippen LogP contribution in [0.15, 0.2) is 42.5 Å². The summed E-state index contributed by atoms with van der Waals surface area (Å²) >= 11 is 0. The van der Waals surface area contributed by atoms with E-state index in [9.17, 15) is 46.7 Å². The van der Waals surface area contributed by atoms with E-state index >= 15 is 0 Å². The second kappa shape index (κ2) is 23.2. The smallest absolute Gasteiger partial charge is 0.475 e. The molecule has 61 heavy (non-hydrogen) atoms. The first kappa shape index (κ1) is 49.5. The normalized spacial score (nSPS) is 15.9. The van der Waals surface area contributed by atoms with Crippen LogP contribution < -0.4 is 32.3 Å². The molecule has 1 aliphatic carbocycles. The Morgan fingerprint density at radius 3 is 2.07 bits per heavy atom. The number of nitrogens with two attached hydrogens (primary N) is 1. The molecule has 0 spiro atoms. The van der Waals surface area contributed by atoms with Gasteiger partial charge in [0.2, 0.25) is 29.5 Å². The summed E-state index contributed by atoms with van der Waals surface area (Å²) < 4.78 is 31.7. The number of likely N-dealkylation sites (tertiary alicyclic amines) is 1. The van der Waals surface area contributed by atoms with Gasteiger partial charge in [0.25, 0.3) is 0 Å². The van der Waals surface area contributed by atoms with Crippen molar-refractivity contribution in [2.45, 2.75) is 109 Å². The fraction of sp³-hybridized carbons (Fsp3) is 0.524. The summed E-state index contributed by atoms with van der Waals surface area (Å²) in [7, 11) is 0. The lowest BCUT2D eigenvalue weighted by Crippen LogP contribution is -2.56. The lowest BCUT2D eigenvalue weighted by atomic mass is 9.83. The summed E-state index contributed by atoms with van der Waals surface area (Å²) in [4.78, 5) is 102. The number of benzene rings is 2. The fourth-order valence-corrected chi connectivity index (χ4v) is 6.94. The van der Waals surface area contributed by atoms with Gasteiger partial charge in [-0.05, 0) is 50.5 Å². The van der Waals surface area contributed by atoms with Crippen molar-refractivity contribution in [3.8, 4) is 0 Å². The summed E-state index contributed by atoms with van der Waals surface area (Å²) in [5, 5.41) is 21.3. The molecule has 0 unspecified atom stereocenters. The Morgan fingerprint density at radius 2 is 1.46 bits per heavy atom. The Balaban J connectivity index is 0.00000130. The zero-order chi connectivity index (χ0) is 45.4. The Bertz CT molecular complexity index is 1920. The molecule has 0 saturated carbocycles. The first-order valence-electron chi connectivity index (χ1n) is 20.4. The van der Waals surface area contributed by atoms with E-state index in [-0.39, 0.29) is 35.8 Å². The van der Waals surface area contributed by atoms with Crippen molar-refractivity contribution in [3.05, 3.63) is 64.7 Å². The third-order valence-electron chi connectivity index (χ3n) is 9.91. The number of nitrogens with zero attached hydrogens (tertiary/aromatic N) is 1. The molecule has 1 heterocycles. The maximum atomic E-state index is 13.8. The summed E-state index contributed by atoms with van der Waals surface area (Å²) in [6.07, 6.45) is -0.925. The largest absolute Gasteiger partial charge is 0.490 e. The average molecular weight is 860 g/mol. The molecule has 1 aliphatic heterocycles. The van der Waals surface area contributed by atoms with Crippen LogP contribution in [0.1, 0.15) is 111 Å². The number of carboxylic acid groups (broad SMARTS) is 1. The molecule has 2 aliphatic rings. The van der Waals surface area contributed by atoms with E-state index in [0.29, 0.717) is 92.5 Å². The molecule has 8 N–H and O–H groups in total. The number of carbonyl (C=O) groups is 8. The van der Waals surface area contributed by atoms with E-state index in [2.05, 4.69) is 26.6 Å². The third-order valence-corrected chi connectivity index (χ3v) is 9.91. The highest BCUT2D eigenvalue weighted by atomic mass is 19.4. The number of aliphatic carboxylic acids is 1. The number of fused-ring (bicyclic) bond motifs is 2. The molecule has 2 aromatic carbocycles. The molecule has 1 saturated heterocycles. The minimum Gasteiger partial charge on any atom is -0.475 e. The van der Waals surface area contributed by atoms with Gasteiger partial charge in [-0.2, -0.15) is 13.2 Å². The van der Waals surface area contributed by atoms with Gasteiger partial charge in [-0.3, -0.25) is 33.6 Å². The number of amides is 5. The molecule has 2 aromatic rings. The molecule has 334 valence electrons. The van der Waals surface area contributed by atoms with E-state index < -0.39 is 54.0 Å². The number of hydrogen-bond acceptors (Lipinski definition) is 10. The van der Waals surface area contributed by atoms with Crippen molar-refractivity contribution < 1.29 is 56.6 Å². The van der Waals surface area contributed by atoms with Crippen molar-refractivity contribution in [1.29, 1.82) is 0 Å². The number of ketones is 2. The van der Waals surface area contributed by atoms with Gasteiger partial charge in [-0.15, -0.1) is 0 Å². The molecule has 1 fully saturated rings. The number of nitrogens with one attached hydrogen (secondary N) is 5. The second-order valence-electron chi connectivity index (χ2n) is 15.2. The number of halogens is 3. The van der Waals surface area contributed by atoms with Crippen molar-refractivity contribution >= 4 is 52.8 Å². The van der Waals surface area contributed by atoms with Crippen molar-refractivity contribution in [2.24, 2.45) is 11.7 Å². The lowest BCUT2D eigenvalue weighted by molar-refractivity contribution is -0.192. The van der Waals surface area contributed by atoms with E-state index in [1.165, 1.54) is 4.90 Å². The van der Waals surface area contributed by atoms with E-state index in [0.717, 1.165) is 6.42 Å². The molecule has 4 atom stereocenters. The lowest BCUT2D eigenvalue weighted by Gasteiger charge is -2.29. The van der Waals surface area contributed by atoms with Crippen LogP contribution in [0, 0.1) is 5.92 Å². The highest BCUT2D eigenvalue weighted by Crippen LogP contribution is 2.32. The summed E-state index contributed by atoms with van der Waals surface area (Å²) in [6, 6.07) is 8.75. The molecular formula is C42H56F3N7O9. The maximum absolute atomic E-state index is 13.8. The molecule has 5 amide bonds. The van der Waals surface area contributed by atoms with Crippen LogP contribution in [-0.2, 0) is 28.8 Å². The number of alkyl halides is 3. The second-order valence-corrected chi connectivity index (χ2v) is 15.2. The SMILES string of the molecule is CCC[C@H](NC(=O)[C@@H](N)CCC)C(=O)NCC(=O)N[C@@H](CC(C)C)C(=O)N1CCC[C@H]1C(=O)NCCCNc1cccc2c1C(=O)c1ccccc1C2=O.O=C(O)C(F)(F)F. The Kier molecular flexibility index (Phi) is 18.9. The van der Waals surface area contributed by atoms with Gasteiger partial charge in [-0.25, -0.2) is 4.79 Å². The Morgan fingerprint density at radius 1 is 0.836 bits per heavy atom. The zero-order valence-electron chi connectivity index (χ0n) is 34.8. The average Bonchev–Trinajstić information content (AvgIpc) is 3.71. The topological polar surface area (TPSA) is 246 Å². The first-order chi connectivity index (χ1) is 28.8. The van der Waals surface area contributed by atoms with Crippen LogP contribution in [-0.4, -0.2) is 114 Å². The van der Waals surface area contributed by atoms with Crippen LogP contribution in [0.5, 0.6) is 0 Å². The van der Waals surface area contributed by atoms with Crippen LogP contribution in [0.3, 0.4) is 0 Å². The number of carbonyl (C=O) groups excluding carboxylic acids is 7. The van der Waals surface area contributed by atoms with Gasteiger partial charge in [0, 0.05) is 42.0 Å². The van der Waals surface area contributed by atoms with Crippen LogP contribution in [0.2, 0.25) is 0 Å². The summed E-state index contributed by atoms with van der Waals surface area (Å²) in [5.74, 6) is -5.27. The van der Waals surface area contributed by atoms with Gasteiger partial charge in [0.1, 0.15) is 18.1 Å². The Labute approximate surface area is 352 Å². The standard InChI is InChI=1S/C40H55N7O7.C2HF3O2/c1-5-12-28(41)37(51)46-30(13-6-2)38(52)44-23-33(48)45-31(22-24(3)4)40(54)47-21-10-18-32(47)39(53)43-20-11-19-42-29-17-9-16-27-34(29)36(50)26-15-8-7-14-25(26)35(27)49;3-2(4,5)1(6)7/h7-9,14-17,24,28,30-32,42H,5-6,10-13,18-23,41H2,1-4H3,(H,43,53)(H,44,52)(H,45,48)(H,46,51);(H,6,7)/t28-,30-,31-,32-;/m0./s1. The number of rotatable bonds is 19. The highest BCUT2D eigenvalue weighted by molar-refractivity contribution is 6.30. The first-order valence-corrected chi connectivity index (χ1v) is 20.4. The van der Waals surface area contributed by atoms with Crippen molar-refractivity contribution in [2.75, 3.05) is 31.5 Å². The summed E-state index contributed by atoms with van der Waals surface area (Å²) in [5.41, 5.74) is 7.92. The third kappa shape index (κ3) is 14.1. The van der Waals surface area contributed by atoms with E-state index in [4.69, 9.17) is 15.6 Å². The maximum Gasteiger partial charge on any atom is 0.490 e. The predicted octanol–water partition coefficient (Wildman–Crippen LogP) is 3.06. The van der Waals surface area contributed by atoms with Gasteiger partial charge in [0.15, 0.2) is 11.6 Å². The van der Waals surface area contributed by atoms with Crippen LogP contribution in [0.25, 0.3) is 0 Å². The molecule has 19 heteroatoms. The van der Waals surface area contributed by atoms with Gasteiger partial charge in [-0.1, -0.05) is 76.9 Å². The predicted molar refractivity (Wildman–Crippen MR) is 218 cm³/mol. The number of hydrogen-bond donors (Lipinski definition) is 7. The van der Waals surface area contributed by atoms with Crippen molar-refractivity contribution in [3.63, 3.8) is 0 Å². The molecule has 0 radical (unpaired) electrons.